The molecule has 0 radical (unpaired) electrons. The molecule has 1 aliphatic heterocycles. The molecule has 2 N–H and O–H groups in total. The Morgan fingerprint density at radius 1 is 1.29 bits per heavy atom. The number of anilines is 1. The van der Waals surface area contributed by atoms with E-state index in [4.69, 9.17) is 17.4 Å². The quantitative estimate of drug-likeness (QED) is 0.650. The van der Waals surface area contributed by atoms with Gasteiger partial charge in [0.05, 0.1) is 5.69 Å². The normalized spacial score (nSPS) is 16.8. The van der Waals surface area contributed by atoms with Crippen molar-refractivity contribution in [3.63, 3.8) is 0 Å². The topological polar surface area (TPSA) is 49.6 Å². The summed E-state index contributed by atoms with van der Waals surface area (Å²) in [5.74, 6) is 6.05. The average Bonchev–Trinajstić information content (AvgIpc) is 2.53. The van der Waals surface area contributed by atoms with Crippen LogP contribution >= 0.6 is 11.6 Å². The number of carbonyl (C=O) groups is 1. The summed E-state index contributed by atoms with van der Waals surface area (Å²) < 4.78 is 0. The molecule has 4 nitrogen and oxygen atoms in total. The molecular weight excluding hydrogens is 238 g/mol. The van der Waals surface area contributed by atoms with Crippen molar-refractivity contribution in [2.75, 3.05) is 11.7 Å². The van der Waals surface area contributed by atoms with Gasteiger partial charge in [-0.3, -0.25) is 4.79 Å². The van der Waals surface area contributed by atoms with Gasteiger partial charge in [-0.05, 0) is 31.0 Å². The van der Waals surface area contributed by atoms with E-state index in [9.17, 15) is 4.79 Å². The first-order chi connectivity index (χ1) is 8.18. The number of carbonyl (C=O) groups excluding carboxylic acids is 1. The molecule has 1 aromatic carbocycles. The number of nitrogens with zero attached hydrogens (tertiary/aromatic N) is 2. The van der Waals surface area contributed by atoms with E-state index in [1.807, 2.05) is 12.1 Å². The predicted molar refractivity (Wildman–Crippen MR) is 68.3 cm³/mol. The lowest BCUT2D eigenvalue weighted by molar-refractivity contribution is -0.131. The molecule has 1 amide bonds. The third kappa shape index (κ3) is 2.90. The Hall–Kier alpha value is -1.26. The second-order valence-electron chi connectivity index (χ2n) is 4.15. The molecule has 5 heteroatoms. The number of halogens is 1. The average molecular weight is 254 g/mol. The molecule has 0 bridgehead atoms. The molecule has 0 atom stereocenters. The first-order valence-electron chi connectivity index (χ1n) is 5.79. The Morgan fingerprint density at radius 2 is 2.12 bits per heavy atom. The van der Waals surface area contributed by atoms with Crippen LogP contribution in [0.4, 0.5) is 5.69 Å². The van der Waals surface area contributed by atoms with Crippen molar-refractivity contribution in [2.24, 2.45) is 5.84 Å². The van der Waals surface area contributed by atoms with Gasteiger partial charge in [-0.2, -0.15) is 0 Å². The lowest BCUT2D eigenvalue weighted by Gasteiger charge is -2.31. The third-order valence-corrected chi connectivity index (χ3v) is 3.12. The van der Waals surface area contributed by atoms with E-state index in [-0.39, 0.29) is 5.91 Å². The summed E-state index contributed by atoms with van der Waals surface area (Å²) in [7, 11) is 0. The van der Waals surface area contributed by atoms with Crippen molar-refractivity contribution in [3.8, 4) is 0 Å². The molecule has 1 aromatic rings. The summed E-state index contributed by atoms with van der Waals surface area (Å²) in [6.45, 7) is 0.668. The van der Waals surface area contributed by atoms with Crippen LogP contribution in [0.5, 0.6) is 0 Å². The van der Waals surface area contributed by atoms with Crippen molar-refractivity contribution in [3.05, 3.63) is 29.3 Å². The lowest BCUT2D eigenvalue weighted by atomic mass is 10.2. The molecule has 1 saturated heterocycles. The van der Waals surface area contributed by atoms with Crippen LogP contribution < -0.4 is 11.0 Å². The van der Waals surface area contributed by atoms with Crippen LogP contribution in [0.15, 0.2) is 24.3 Å². The fourth-order valence-electron chi connectivity index (χ4n) is 1.95. The standard InChI is InChI=1S/C12H16ClN3O/c13-10-5-4-6-11(9-10)16(14)15-8-3-1-2-7-12(15)17/h4-6,9H,1-3,7-8,14H2. The van der Waals surface area contributed by atoms with E-state index in [0.29, 0.717) is 18.0 Å². The van der Waals surface area contributed by atoms with Gasteiger partial charge in [-0.15, -0.1) is 0 Å². The highest BCUT2D eigenvalue weighted by molar-refractivity contribution is 6.30. The van der Waals surface area contributed by atoms with E-state index in [0.717, 1.165) is 24.9 Å². The molecular formula is C12H16ClN3O. The molecule has 17 heavy (non-hydrogen) atoms. The highest BCUT2D eigenvalue weighted by Crippen LogP contribution is 2.21. The first kappa shape index (κ1) is 12.2. The van der Waals surface area contributed by atoms with E-state index in [1.54, 1.807) is 17.1 Å². The number of hydrogen-bond donors (Lipinski definition) is 1. The minimum absolute atomic E-state index is 0.0741. The highest BCUT2D eigenvalue weighted by atomic mass is 35.5. The van der Waals surface area contributed by atoms with Gasteiger partial charge in [0.25, 0.3) is 0 Å². The largest absolute Gasteiger partial charge is 0.273 e. The SMILES string of the molecule is NN(c1cccc(Cl)c1)N1CCCCCC1=O. The fraction of sp³-hybridized carbons (Fsp3) is 0.417. The van der Waals surface area contributed by atoms with Gasteiger partial charge >= 0.3 is 0 Å². The first-order valence-corrected chi connectivity index (χ1v) is 6.17. The molecule has 0 aliphatic carbocycles. The lowest BCUT2D eigenvalue weighted by Crippen LogP contribution is -2.51. The minimum Gasteiger partial charge on any atom is -0.273 e. The van der Waals surface area contributed by atoms with E-state index in [1.165, 1.54) is 5.12 Å². The molecule has 92 valence electrons. The maximum absolute atomic E-state index is 11.9. The molecule has 0 saturated carbocycles. The van der Waals surface area contributed by atoms with E-state index >= 15 is 0 Å². The van der Waals surface area contributed by atoms with Crippen molar-refractivity contribution in [2.45, 2.75) is 25.7 Å². The van der Waals surface area contributed by atoms with Gasteiger partial charge in [0.2, 0.25) is 5.91 Å². The van der Waals surface area contributed by atoms with Crippen molar-refractivity contribution >= 4 is 23.2 Å². The van der Waals surface area contributed by atoms with Gasteiger partial charge in [0.15, 0.2) is 0 Å². The van der Waals surface area contributed by atoms with Crippen molar-refractivity contribution in [1.82, 2.24) is 5.01 Å². The number of rotatable bonds is 2. The van der Waals surface area contributed by atoms with Crippen LogP contribution in [-0.4, -0.2) is 17.5 Å². The van der Waals surface area contributed by atoms with Crippen LogP contribution in [0.25, 0.3) is 0 Å². The summed E-state index contributed by atoms with van der Waals surface area (Å²) in [6.07, 6.45) is 3.57. The summed E-state index contributed by atoms with van der Waals surface area (Å²) in [6, 6.07) is 7.19. The molecule has 1 heterocycles. The van der Waals surface area contributed by atoms with Gasteiger partial charge < -0.3 is 0 Å². The smallest absolute Gasteiger partial charge is 0.242 e. The van der Waals surface area contributed by atoms with Gasteiger partial charge in [0.1, 0.15) is 0 Å². The van der Waals surface area contributed by atoms with Crippen LogP contribution in [-0.2, 0) is 4.79 Å². The van der Waals surface area contributed by atoms with E-state index in [2.05, 4.69) is 0 Å². The maximum atomic E-state index is 11.9. The zero-order chi connectivity index (χ0) is 12.3. The molecule has 0 aromatic heterocycles. The third-order valence-electron chi connectivity index (χ3n) is 2.88. The van der Waals surface area contributed by atoms with Gasteiger partial charge in [0, 0.05) is 18.0 Å². The Bertz CT molecular complexity index is 410. The summed E-state index contributed by atoms with van der Waals surface area (Å²) in [5, 5.41) is 3.61. The monoisotopic (exact) mass is 253 g/mol. The van der Waals surface area contributed by atoms with Crippen molar-refractivity contribution < 1.29 is 4.79 Å². The molecule has 1 aliphatic rings. The Balaban J connectivity index is 2.17. The van der Waals surface area contributed by atoms with Crippen LogP contribution in [0.3, 0.4) is 0 Å². The minimum atomic E-state index is 0.0741. The second kappa shape index (κ2) is 5.38. The highest BCUT2D eigenvalue weighted by Gasteiger charge is 2.21. The number of amides is 1. The maximum Gasteiger partial charge on any atom is 0.242 e. The second-order valence-corrected chi connectivity index (χ2v) is 4.59. The Morgan fingerprint density at radius 3 is 2.88 bits per heavy atom. The molecule has 0 spiro atoms. The van der Waals surface area contributed by atoms with Gasteiger partial charge in [-0.25, -0.2) is 16.0 Å². The summed E-state index contributed by atoms with van der Waals surface area (Å²) >= 11 is 5.91. The number of hydrogen-bond acceptors (Lipinski definition) is 3. The van der Waals surface area contributed by atoms with Crippen LogP contribution in [0, 0.1) is 0 Å². The molecule has 2 rings (SSSR count). The fourth-order valence-corrected chi connectivity index (χ4v) is 2.14. The number of benzene rings is 1. The van der Waals surface area contributed by atoms with Gasteiger partial charge in [-0.1, -0.05) is 24.1 Å². The predicted octanol–water partition coefficient (Wildman–Crippen LogP) is 2.34. The van der Waals surface area contributed by atoms with Crippen molar-refractivity contribution in [1.29, 1.82) is 0 Å². The summed E-state index contributed by atoms with van der Waals surface area (Å²) in [4.78, 5) is 11.9. The summed E-state index contributed by atoms with van der Waals surface area (Å²) in [5.41, 5.74) is 0.729. The molecule has 1 fully saturated rings. The number of hydrazine groups is 2. The zero-order valence-corrected chi connectivity index (χ0v) is 10.4. The molecule has 0 unspecified atom stereocenters. The van der Waals surface area contributed by atoms with Crippen LogP contribution in [0.2, 0.25) is 5.02 Å². The number of nitrogens with two attached hydrogens (primary N) is 1. The zero-order valence-electron chi connectivity index (χ0n) is 9.60. The van der Waals surface area contributed by atoms with E-state index < -0.39 is 0 Å². The Kier molecular flexibility index (Phi) is 3.86. The van der Waals surface area contributed by atoms with Crippen LogP contribution in [0.1, 0.15) is 25.7 Å². The Labute approximate surface area is 106 Å².